The summed E-state index contributed by atoms with van der Waals surface area (Å²) in [6.07, 6.45) is 0.701. The van der Waals surface area contributed by atoms with E-state index in [0.29, 0.717) is 10.9 Å². The van der Waals surface area contributed by atoms with Gasteiger partial charge in [0.2, 0.25) is 5.43 Å². The van der Waals surface area contributed by atoms with Crippen molar-refractivity contribution in [1.82, 2.24) is 10.2 Å². The van der Waals surface area contributed by atoms with Crippen molar-refractivity contribution < 1.29 is 15.1 Å². The Hall–Kier alpha value is -2.02. The highest BCUT2D eigenvalue weighted by molar-refractivity contribution is 5.91. The molecule has 15 heavy (non-hydrogen) atoms. The van der Waals surface area contributed by atoms with Gasteiger partial charge in [0, 0.05) is 6.07 Å². The fourth-order valence-electron chi connectivity index (χ4n) is 0.757. The van der Waals surface area contributed by atoms with Crippen molar-refractivity contribution in [2.24, 2.45) is 5.84 Å². The van der Waals surface area contributed by atoms with E-state index in [1.807, 2.05) is 13.8 Å². The summed E-state index contributed by atoms with van der Waals surface area (Å²) in [5.74, 6) is 3.28. The third kappa shape index (κ3) is 2.99. The zero-order valence-electron chi connectivity index (χ0n) is 8.39. The fraction of sp³-hybridized carbons (Fsp3) is 0.250. The van der Waals surface area contributed by atoms with E-state index in [4.69, 9.17) is 16.2 Å². The molecule has 0 aliphatic carbocycles. The zero-order valence-corrected chi connectivity index (χ0v) is 8.39. The van der Waals surface area contributed by atoms with Crippen LogP contribution in [0.25, 0.3) is 0 Å². The van der Waals surface area contributed by atoms with E-state index in [1.54, 1.807) is 5.43 Å². The number of nitrogen functional groups attached to an aromatic ring is 1. The Bertz CT molecular complexity index is 399. The topological polar surface area (TPSA) is 118 Å². The SMILES string of the molecule is CC.NNC(=O)c1cc(=O)c(O)cn1O. The van der Waals surface area contributed by atoms with Gasteiger partial charge in [-0.25, -0.2) is 5.84 Å². The largest absolute Gasteiger partial charge is 0.503 e. The number of amides is 1. The predicted octanol–water partition coefficient (Wildman–Crippen LogP) is -0.579. The first-order valence-corrected chi connectivity index (χ1v) is 4.22. The standard InChI is InChI=1S/C6H7N3O4.C2H6/c7-8-6(12)3-1-4(10)5(11)2-9(3)13;1-2/h1-2,11,13H,7H2,(H,8,12);1-2H3. The van der Waals surface area contributed by atoms with Crippen LogP contribution >= 0.6 is 0 Å². The van der Waals surface area contributed by atoms with Crippen molar-refractivity contribution in [2.45, 2.75) is 13.8 Å². The van der Waals surface area contributed by atoms with Gasteiger partial charge in [0.1, 0.15) is 5.69 Å². The second kappa shape index (κ2) is 5.66. The summed E-state index contributed by atoms with van der Waals surface area (Å²) in [5.41, 5.74) is 0.598. The van der Waals surface area contributed by atoms with E-state index in [-0.39, 0.29) is 5.69 Å². The number of hydrogen-bond acceptors (Lipinski definition) is 5. The van der Waals surface area contributed by atoms with Crippen LogP contribution in [0.15, 0.2) is 17.1 Å². The van der Waals surface area contributed by atoms with Gasteiger partial charge in [0.15, 0.2) is 5.75 Å². The normalized spacial score (nSPS) is 8.73. The summed E-state index contributed by atoms with van der Waals surface area (Å²) < 4.78 is 0.304. The second-order valence-corrected chi connectivity index (χ2v) is 2.23. The Kier molecular flexibility index (Phi) is 4.89. The molecular weight excluding hydrogens is 202 g/mol. The maximum atomic E-state index is 10.9. The molecule has 0 saturated heterocycles. The Morgan fingerprint density at radius 2 is 2.07 bits per heavy atom. The van der Waals surface area contributed by atoms with Crippen LogP contribution in [0.2, 0.25) is 0 Å². The summed E-state index contributed by atoms with van der Waals surface area (Å²) in [5, 5.41) is 17.8. The molecule has 0 unspecified atom stereocenters. The number of aromatic nitrogens is 1. The molecule has 7 nitrogen and oxygen atoms in total. The minimum absolute atomic E-state index is 0.304. The average molecular weight is 215 g/mol. The molecule has 1 rings (SSSR count). The molecule has 7 heteroatoms. The molecule has 0 aromatic carbocycles. The van der Waals surface area contributed by atoms with Gasteiger partial charge in [-0.3, -0.25) is 15.0 Å². The number of aromatic hydroxyl groups is 1. The lowest BCUT2D eigenvalue weighted by atomic mass is 10.3. The summed E-state index contributed by atoms with van der Waals surface area (Å²) in [7, 11) is 0. The Labute approximate surface area is 85.7 Å². The molecule has 0 spiro atoms. The molecule has 0 atom stereocenters. The number of hydrazine groups is 1. The summed E-state index contributed by atoms with van der Waals surface area (Å²) in [6.45, 7) is 4.00. The van der Waals surface area contributed by atoms with E-state index < -0.39 is 17.1 Å². The lowest BCUT2D eigenvalue weighted by molar-refractivity contribution is 0.0897. The smallest absolute Gasteiger partial charge is 0.285 e. The minimum Gasteiger partial charge on any atom is -0.503 e. The molecule has 0 aliphatic heterocycles. The lowest BCUT2D eigenvalue weighted by Gasteiger charge is -2.04. The van der Waals surface area contributed by atoms with Crippen LogP contribution in [-0.2, 0) is 0 Å². The van der Waals surface area contributed by atoms with Crippen LogP contribution in [0.4, 0.5) is 0 Å². The highest BCUT2D eigenvalue weighted by Crippen LogP contribution is 2.01. The number of rotatable bonds is 1. The molecular formula is C8H13N3O4. The van der Waals surface area contributed by atoms with Gasteiger partial charge in [0.25, 0.3) is 5.91 Å². The van der Waals surface area contributed by atoms with Crippen molar-refractivity contribution in [1.29, 1.82) is 0 Å². The van der Waals surface area contributed by atoms with Crippen LogP contribution in [0, 0.1) is 0 Å². The maximum absolute atomic E-state index is 10.9. The second-order valence-electron chi connectivity index (χ2n) is 2.23. The molecule has 0 bridgehead atoms. The molecule has 0 saturated carbocycles. The molecule has 1 heterocycles. The van der Waals surface area contributed by atoms with E-state index in [0.717, 1.165) is 6.07 Å². The van der Waals surface area contributed by atoms with Crippen molar-refractivity contribution >= 4 is 5.91 Å². The molecule has 0 radical (unpaired) electrons. The van der Waals surface area contributed by atoms with Gasteiger partial charge in [-0.05, 0) is 0 Å². The van der Waals surface area contributed by atoms with Crippen LogP contribution in [0.5, 0.6) is 5.75 Å². The summed E-state index contributed by atoms with van der Waals surface area (Å²) >= 11 is 0. The number of nitrogens with zero attached hydrogens (tertiary/aromatic N) is 1. The monoisotopic (exact) mass is 215 g/mol. The molecule has 5 N–H and O–H groups in total. The molecule has 1 amide bonds. The number of nitrogens with one attached hydrogen (secondary N) is 1. The van der Waals surface area contributed by atoms with Crippen molar-refractivity contribution in [3.8, 4) is 5.75 Å². The number of hydrogen-bond donors (Lipinski definition) is 4. The van der Waals surface area contributed by atoms with E-state index in [9.17, 15) is 9.59 Å². The van der Waals surface area contributed by atoms with Gasteiger partial charge in [-0.1, -0.05) is 13.8 Å². The van der Waals surface area contributed by atoms with E-state index >= 15 is 0 Å². The zero-order chi connectivity index (χ0) is 12.0. The number of carbonyl (C=O) groups excluding carboxylic acids is 1. The minimum atomic E-state index is -0.834. The van der Waals surface area contributed by atoms with Crippen molar-refractivity contribution in [2.75, 3.05) is 0 Å². The summed E-state index contributed by atoms with van der Waals surface area (Å²) in [6, 6.07) is 0.761. The third-order valence-corrected chi connectivity index (χ3v) is 1.38. The fourth-order valence-corrected chi connectivity index (χ4v) is 0.757. The van der Waals surface area contributed by atoms with Gasteiger partial charge < -0.3 is 10.3 Å². The van der Waals surface area contributed by atoms with Gasteiger partial charge in [-0.15, -0.1) is 0 Å². The Morgan fingerprint density at radius 3 is 2.53 bits per heavy atom. The first-order valence-electron chi connectivity index (χ1n) is 4.22. The number of carbonyl (C=O) groups is 1. The van der Waals surface area contributed by atoms with Gasteiger partial charge in [0.05, 0.1) is 6.20 Å². The average Bonchev–Trinajstić information content (AvgIpc) is 2.25. The molecule has 1 aromatic heterocycles. The van der Waals surface area contributed by atoms with E-state index in [2.05, 4.69) is 0 Å². The summed E-state index contributed by atoms with van der Waals surface area (Å²) in [4.78, 5) is 21.7. The molecule has 0 fully saturated rings. The highest BCUT2D eigenvalue weighted by atomic mass is 16.5. The molecule has 84 valence electrons. The van der Waals surface area contributed by atoms with Crippen LogP contribution < -0.4 is 16.7 Å². The first-order chi connectivity index (χ1) is 7.06. The molecule has 1 aromatic rings. The number of nitrogens with two attached hydrogens (primary N) is 1. The van der Waals surface area contributed by atoms with Gasteiger partial charge in [-0.2, -0.15) is 4.73 Å². The van der Waals surface area contributed by atoms with Crippen molar-refractivity contribution in [3.63, 3.8) is 0 Å². The van der Waals surface area contributed by atoms with Gasteiger partial charge >= 0.3 is 0 Å². The Morgan fingerprint density at radius 1 is 1.53 bits per heavy atom. The van der Waals surface area contributed by atoms with E-state index in [1.165, 1.54) is 0 Å². The lowest BCUT2D eigenvalue weighted by Crippen LogP contribution is -2.33. The van der Waals surface area contributed by atoms with Crippen LogP contribution in [0.1, 0.15) is 24.3 Å². The van der Waals surface area contributed by atoms with Crippen LogP contribution in [0.3, 0.4) is 0 Å². The highest BCUT2D eigenvalue weighted by Gasteiger charge is 2.11. The first kappa shape index (κ1) is 13.0. The number of pyridine rings is 1. The Balaban J connectivity index is 0.000000921. The third-order valence-electron chi connectivity index (χ3n) is 1.38. The maximum Gasteiger partial charge on any atom is 0.285 e. The van der Waals surface area contributed by atoms with Crippen LogP contribution in [-0.4, -0.2) is 21.0 Å². The predicted molar refractivity (Wildman–Crippen MR) is 52.6 cm³/mol. The quantitative estimate of drug-likeness (QED) is 0.216. The molecule has 0 aliphatic rings. The van der Waals surface area contributed by atoms with Crippen molar-refractivity contribution in [3.05, 3.63) is 28.2 Å².